The second-order valence-electron chi connectivity index (χ2n) is 9.20. The molecule has 0 atom stereocenters. The molecule has 0 heterocycles. The Balaban J connectivity index is 1.60. The van der Waals surface area contributed by atoms with Crippen LogP contribution >= 0.6 is 0 Å². The molecular formula is C27H38. The summed E-state index contributed by atoms with van der Waals surface area (Å²) in [5, 5.41) is 0. The zero-order valence-corrected chi connectivity index (χ0v) is 17.5. The molecule has 0 unspecified atom stereocenters. The van der Waals surface area contributed by atoms with Gasteiger partial charge < -0.3 is 0 Å². The smallest absolute Gasteiger partial charge is 0.0162 e. The van der Waals surface area contributed by atoms with Crippen molar-refractivity contribution in [1.29, 1.82) is 0 Å². The molecule has 27 heavy (non-hydrogen) atoms. The lowest BCUT2D eigenvalue weighted by molar-refractivity contribution is 0.292. The van der Waals surface area contributed by atoms with Gasteiger partial charge in [0.2, 0.25) is 0 Å². The van der Waals surface area contributed by atoms with Crippen molar-refractivity contribution in [2.75, 3.05) is 0 Å². The Kier molecular flexibility index (Phi) is 7.56. The van der Waals surface area contributed by atoms with E-state index in [4.69, 9.17) is 0 Å². The first-order valence-electron chi connectivity index (χ1n) is 11.2. The normalized spacial score (nSPS) is 29.8. The van der Waals surface area contributed by atoms with Gasteiger partial charge in [0.15, 0.2) is 0 Å². The Morgan fingerprint density at radius 2 is 1.48 bits per heavy atom. The van der Waals surface area contributed by atoms with Gasteiger partial charge in [0.25, 0.3) is 0 Å². The van der Waals surface area contributed by atoms with Gasteiger partial charge in [-0.15, -0.1) is 0 Å². The third-order valence-electron chi connectivity index (χ3n) is 6.93. The SMILES string of the molecule is C=C/C=C(\C=C/CC1CCC(C)CC1)c1ccc(C2CCC(C)CC2)cc1. The van der Waals surface area contributed by atoms with E-state index in [0.717, 1.165) is 23.7 Å². The van der Waals surface area contributed by atoms with Gasteiger partial charge in [-0.1, -0.05) is 94.7 Å². The van der Waals surface area contributed by atoms with E-state index in [-0.39, 0.29) is 0 Å². The largest absolute Gasteiger partial charge is 0.0990 e. The van der Waals surface area contributed by atoms with Crippen LogP contribution in [0.2, 0.25) is 0 Å². The van der Waals surface area contributed by atoms with E-state index < -0.39 is 0 Å². The van der Waals surface area contributed by atoms with Crippen LogP contribution in [0.5, 0.6) is 0 Å². The van der Waals surface area contributed by atoms with Crippen molar-refractivity contribution in [2.45, 2.75) is 77.6 Å². The molecule has 1 aromatic carbocycles. The van der Waals surface area contributed by atoms with Gasteiger partial charge in [-0.2, -0.15) is 0 Å². The molecule has 0 saturated heterocycles. The number of allylic oxidation sites excluding steroid dienone is 5. The molecule has 2 saturated carbocycles. The first-order chi connectivity index (χ1) is 13.2. The standard InChI is InChI=1S/C27H38/c1-4-6-24(8-5-7-23-13-9-21(2)10-14-23)26-17-19-27(20-18-26)25-15-11-22(3)12-16-25/h4-6,8,17-23,25H,1,7,9-16H2,2-3H3/b8-5-,24-6+. The minimum absolute atomic E-state index is 0.770. The van der Waals surface area contributed by atoms with E-state index in [1.54, 1.807) is 0 Å². The van der Waals surface area contributed by atoms with Crippen LogP contribution < -0.4 is 0 Å². The van der Waals surface area contributed by atoms with Crippen LogP contribution in [0.4, 0.5) is 0 Å². The summed E-state index contributed by atoms with van der Waals surface area (Å²) in [5.41, 5.74) is 4.14. The molecule has 2 aliphatic carbocycles. The lowest BCUT2D eigenvalue weighted by Gasteiger charge is -2.26. The maximum absolute atomic E-state index is 3.92. The first kappa shape index (κ1) is 20.2. The highest BCUT2D eigenvalue weighted by Gasteiger charge is 2.19. The van der Waals surface area contributed by atoms with Crippen molar-refractivity contribution in [3.05, 3.63) is 66.3 Å². The maximum Gasteiger partial charge on any atom is -0.0162 e. The van der Waals surface area contributed by atoms with Gasteiger partial charge in [0, 0.05) is 0 Å². The Morgan fingerprint density at radius 3 is 2.07 bits per heavy atom. The number of benzene rings is 1. The number of rotatable bonds is 6. The molecule has 0 N–H and O–H groups in total. The number of hydrogen-bond acceptors (Lipinski definition) is 0. The fraction of sp³-hybridized carbons (Fsp3) is 0.556. The molecule has 0 bridgehead atoms. The predicted octanol–water partition coefficient (Wildman–Crippen LogP) is 8.32. The summed E-state index contributed by atoms with van der Waals surface area (Å²) in [5.74, 6) is 3.51. The van der Waals surface area contributed by atoms with Crippen LogP contribution in [0.25, 0.3) is 5.57 Å². The minimum Gasteiger partial charge on any atom is -0.0990 e. The summed E-state index contributed by atoms with van der Waals surface area (Å²) in [6.45, 7) is 8.71. The van der Waals surface area contributed by atoms with Crippen molar-refractivity contribution in [3.8, 4) is 0 Å². The van der Waals surface area contributed by atoms with Crippen molar-refractivity contribution < 1.29 is 0 Å². The van der Waals surface area contributed by atoms with Gasteiger partial charge in [-0.3, -0.25) is 0 Å². The summed E-state index contributed by atoms with van der Waals surface area (Å²) in [6.07, 6.45) is 21.1. The monoisotopic (exact) mass is 362 g/mol. The summed E-state index contributed by atoms with van der Waals surface area (Å²) in [7, 11) is 0. The van der Waals surface area contributed by atoms with Gasteiger partial charge in [-0.25, -0.2) is 0 Å². The number of hydrogen-bond donors (Lipinski definition) is 0. The van der Waals surface area contributed by atoms with Crippen molar-refractivity contribution in [1.82, 2.24) is 0 Å². The van der Waals surface area contributed by atoms with Crippen molar-refractivity contribution in [3.63, 3.8) is 0 Å². The molecule has 0 amide bonds. The second-order valence-corrected chi connectivity index (χ2v) is 9.20. The summed E-state index contributed by atoms with van der Waals surface area (Å²) < 4.78 is 0. The zero-order chi connectivity index (χ0) is 19.1. The fourth-order valence-corrected chi connectivity index (χ4v) is 4.87. The van der Waals surface area contributed by atoms with E-state index in [1.807, 2.05) is 6.08 Å². The van der Waals surface area contributed by atoms with Crippen LogP contribution in [-0.4, -0.2) is 0 Å². The summed E-state index contributed by atoms with van der Waals surface area (Å²) in [4.78, 5) is 0. The lowest BCUT2D eigenvalue weighted by atomic mass is 9.79. The molecule has 0 spiro atoms. The predicted molar refractivity (Wildman–Crippen MR) is 120 cm³/mol. The highest BCUT2D eigenvalue weighted by molar-refractivity contribution is 5.75. The van der Waals surface area contributed by atoms with Gasteiger partial charge >= 0.3 is 0 Å². The molecule has 0 aliphatic heterocycles. The Labute approximate surface area is 167 Å². The Bertz CT molecular complexity index is 629. The fourth-order valence-electron chi connectivity index (χ4n) is 4.87. The Morgan fingerprint density at radius 1 is 0.889 bits per heavy atom. The third kappa shape index (κ3) is 5.96. The van der Waals surface area contributed by atoms with Crippen LogP contribution in [0.1, 0.15) is 88.7 Å². The molecule has 1 aromatic rings. The quantitative estimate of drug-likeness (QED) is 0.446. The van der Waals surface area contributed by atoms with Crippen LogP contribution in [0.3, 0.4) is 0 Å². The molecule has 146 valence electrons. The maximum atomic E-state index is 3.92. The van der Waals surface area contributed by atoms with Crippen LogP contribution in [0, 0.1) is 17.8 Å². The van der Waals surface area contributed by atoms with Crippen LogP contribution in [-0.2, 0) is 0 Å². The van der Waals surface area contributed by atoms with Gasteiger partial charge in [0.1, 0.15) is 0 Å². The topological polar surface area (TPSA) is 0 Å². The molecule has 2 aliphatic rings. The first-order valence-corrected chi connectivity index (χ1v) is 11.2. The highest BCUT2D eigenvalue weighted by Crippen LogP contribution is 2.36. The molecular weight excluding hydrogens is 324 g/mol. The summed E-state index contributed by atoms with van der Waals surface area (Å²) in [6, 6.07) is 9.36. The average Bonchev–Trinajstić information content (AvgIpc) is 2.70. The highest BCUT2D eigenvalue weighted by atomic mass is 14.2. The van der Waals surface area contributed by atoms with Crippen molar-refractivity contribution >= 4 is 5.57 Å². The van der Waals surface area contributed by atoms with E-state index in [9.17, 15) is 0 Å². The van der Waals surface area contributed by atoms with Crippen LogP contribution in [0.15, 0.2) is 55.1 Å². The average molecular weight is 363 g/mol. The molecule has 3 rings (SSSR count). The molecule has 2 fully saturated rings. The molecule has 0 nitrogen and oxygen atoms in total. The third-order valence-corrected chi connectivity index (χ3v) is 6.93. The molecule has 0 aromatic heterocycles. The van der Waals surface area contributed by atoms with E-state index in [2.05, 4.69) is 62.9 Å². The Hall–Kier alpha value is -1.56. The molecule has 0 heteroatoms. The minimum atomic E-state index is 0.770. The van der Waals surface area contributed by atoms with E-state index in [0.29, 0.717) is 0 Å². The van der Waals surface area contributed by atoms with Crippen molar-refractivity contribution in [2.24, 2.45) is 17.8 Å². The lowest BCUT2D eigenvalue weighted by Crippen LogP contribution is -2.11. The van der Waals surface area contributed by atoms with E-state index >= 15 is 0 Å². The zero-order valence-electron chi connectivity index (χ0n) is 17.5. The van der Waals surface area contributed by atoms with Gasteiger partial charge in [-0.05, 0) is 72.5 Å². The summed E-state index contributed by atoms with van der Waals surface area (Å²) >= 11 is 0. The van der Waals surface area contributed by atoms with E-state index in [1.165, 1.54) is 74.5 Å². The van der Waals surface area contributed by atoms with Gasteiger partial charge in [0.05, 0.1) is 0 Å². The molecule has 0 radical (unpaired) electrons. The second kappa shape index (κ2) is 10.1.